The van der Waals surface area contributed by atoms with Crippen molar-refractivity contribution in [1.82, 2.24) is 10.2 Å². The molecule has 1 aliphatic heterocycles. The van der Waals surface area contributed by atoms with Gasteiger partial charge < -0.3 is 5.32 Å². The lowest BCUT2D eigenvalue weighted by Gasteiger charge is -2.18. The van der Waals surface area contributed by atoms with Crippen LogP contribution >= 0.6 is 0 Å². The van der Waals surface area contributed by atoms with Crippen LogP contribution in [-0.2, 0) is 0 Å². The number of hydrogen-bond donors (Lipinski definition) is 1. The lowest BCUT2D eigenvalue weighted by Crippen LogP contribution is -2.34. The largest absolute Gasteiger partial charge is 0.313 e. The van der Waals surface area contributed by atoms with Crippen molar-refractivity contribution < 1.29 is 0 Å². The average molecular weight is 196 g/mol. The van der Waals surface area contributed by atoms with Crippen LogP contribution in [0.2, 0.25) is 0 Å². The molecule has 2 atom stereocenters. The van der Waals surface area contributed by atoms with E-state index in [1.165, 1.54) is 38.9 Å². The molecule has 2 rings (SSSR count). The molecule has 82 valence electrons. The summed E-state index contributed by atoms with van der Waals surface area (Å²) in [6, 6.07) is 1.65. The molecular weight excluding hydrogens is 172 g/mol. The summed E-state index contributed by atoms with van der Waals surface area (Å²) in [5.74, 6) is 0. The van der Waals surface area contributed by atoms with E-state index >= 15 is 0 Å². The maximum atomic E-state index is 3.63. The van der Waals surface area contributed by atoms with E-state index < -0.39 is 0 Å². The van der Waals surface area contributed by atoms with Crippen molar-refractivity contribution in [1.29, 1.82) is 0 Å². The zero-order valence-corrected chi connectivity index (χ0v) is 9.84. The fourth-order valence-corrected chi connectivity index (χ4v) is 2.65. The molecule has 0 spiro atoms. The summed E-state index contributed by atoms with van der Waals surface area (Å²) in [7, 11) is 0. The van der Waals surface area contributed by atoms with Gasteiger partial charge in [-0.05, 0) is 31.2 Å². The Kier molecular flexibility index (Phi) is 2.85. The first-order valence-electron chi connectivity index (χ1n) is 6.11. The van der Waals surface area contributed by atoms with Crippen LogP contribution in [0.15, 0.2) is 0 Å². The lowest BCUT2D eigenvalue weighted by molar-refractivity contribution is 0.282. The highest BCUT2D eigenvalue weighted by atomic mass is 15.2. The summed E-state index contributed by atoms with van der Waals surface area (Å²) in [5.41, 5.74) is 0.611. The smallest absolute Gasteiger partial charge is 0.0207 e. The number of rotatable bonds is 4. The first-order chi connectivity index (χ1) is 6.63. The van der Waals surface area contributed by atoms with Crippen molar-refractivity contribution in [3.63, 3.8) is 0 Å². The van der Waals surface area contributed by atoms with E-state index in [9.17, 15) is 0 Å². The second kappa shape index (κ2) is 3.82. The fraction of sp³-hybridized carbons (Fsp3) is 1.00. The Balaban J connectivity index is 1.73. The van der Waals surface area contributed by atoms with Crippen molar-refractivity contribution in [2.24, 2.45) is 5.41 Å². The molecule has 2 fully saturated rings. The fourth-order valence-electron chi connectivity index (χ4n) is 2.65. The highest BCUT2D eigenvalue weighted by Crippen LogP contribution is 2.49. The number of hydrogen-bond acceptors (Lipinski definition) is 2. The van der Waals surface area contributed by atoms with Crippen molar-refractivity contribution in [2.45, 2.75) is 52.1 Å². The van der Waals surface area contributed by atoms with E-state index in [1.807, 2.05) is 0 Å². The van der Waals surface area contributed by atoms with Gasteiger partial charge in [-0.2, -0.15) is 0 Å². The van der Waals surface area contributed by atoms with Gasteiger partial charge in [0.15, 0.2) is 0 Å². The molecule has 1 aliphatic carbocycles. The summed E-state index contributed by atoms with van der Waals surface area (Å²) < 4.78 is 0. The molecular formula is C12H24N2. The molecule has 14 heavy (non-hydrogen) atoms. The molecule has 2 unspecified atom stereocenters. The molecule has 0 aromatic rings. The van der Waals surface area contributed by atoms with Gasteiger partial charge in [-0.1, -0.05) is 20.8 Å². The van der Waals surface area contributed by atoms with Gasteiger partial charge in [-0.25, -0.2) is 0 Å². The molecule has 0 amide bonds. The second-order valence-corrected chi connectivity index (χ2v) is 5.64. The van der Waals surface area contributed by atoms with Crippen LogP contribution in [0.3, 0.4) is 0 Å². The van der Waals surface area contributed by atoms with Gasteiger partial charge in [0.05, 0.1) is 0 Å². The van der Waals surface area contributed by atoms with Gasteiger partial charge in [0, 0.05) is 25.2 Å². The van der Waals surface area contributed by atoms with Crippen LogP contribution in [0.1, 0.15) is 40.0 Å². The third-order valence-electron chi connectivity index (χ3n) is 3.80. The summed E-state index contributed by atoms with van der Waals surface area (Å²) >= 11 is 0. The minimum absolute atomic E-state index is 0.611. The summed E-state index contributed by atoms with van der Waals surface area (Å²) in [4.78, 5) is 2.69. The Morgan fingerprint density at radius 3 is 2.71 bits per heavy atom. The predicted molar refractivity (Wildman–Crippen MR) is 60.5 cm³/mol. The highest BCUT2D eigenvalue weighted by Gasteiger charge is 2.50. The Bertz CT molecular complexity index is 200. The normalized spacial score (nSPS) is 36.2. The Labute approximate surface area is 88.1 Å². The van der Waals surface area contributed by atoms with E-state index in [0.29, 0.717) is 5.41 Å². The lowest BCUT2D eigenvalue weighted by atomic mass is 10.2. The summed E-state index contributed by atoms with van der Waals surface area (Å²) in [6.07, 6.45) is 4.02. The van der Waals surface area contributed by atoms with Crippen molar-refractivity contribution >= 4 is 0 Å². The monoisotopic (exact) mass is 196 g/mol. The van der Waals surface area contributed by atoms with E-state index in [-0.39, 0.29) is 0 Å². The van der Waals surface area contributed by atoms with Crippen molar-refractivity contribution in [2.75, 3.05) is 19.6 Å². The Morgan fingerprint density at radius 2 is 2.14 bits per heavy atom. The molecule has 0 radical (unpaired) electrons. The predicted octanol–water partition coefficient (Wildman–Crippen LogP) is 1.86. The average Bonchev–Trinajstić information content (AvgIpc) is 2.63. The number of likely N-dealkylation sites (tertiary alicyclic amines) is 1. The summed E-state index contributed by atoms with van der Waals surface area (Å²) in [6.45, 7) is 10.8. The zero-order valence-electron chi connectivity index (χ0n) is 9.84. The van der Waals surface area contributed by atoms with Crippen LogP contribution in [0.5, 0.6) is 0 Å². The minimum Gasteiger partial charge on any atom is -0.313 e. The zero-order chi connectivity index (χ0) is 10.2. The third kappa shape index (κ3) is 2.12. The molecule has 1 N–H and O–H groups in total. The standard InChI is InChI=1S/C12H24N2/c1-4-6-13-10-5-7-14(9-10)11-8-12(11,2)3/h10-11,13H,4-9H2,1-3H3. The van der Waals surface area contributed by atoms with E-state index in [0.717, 1.165) is 12.1 Å². The molecule has 0 bridgehead atoms. The molecule has 1 saturated heterocycles. The molecule has 0 aromatic heterocycles. The quantitative estimate of drug-likeness (QED) is 0.738. The first kappa shape index (κ1) is 10.4. The molecule has 1 heterocycles. The van der Waals surface area contributed by atoms with Crippen LogP contribution < -0.4 is 5.32 Å². The second-order valence-electron chi connectivity index (χ2n) is 5.64. The summed E-state index contributed by atoms with van der Waals surface area (Å²) in [5, 5.41) is 3.63. The minimum atomic E-state index is 0.611. The SMILES string of the molecule is CCCNC1CCN(C2CC2(C)C)C1. The van der Waals surface area contributed by atoms with Gasteiger partial charge in [0.2, 0.25) is 0 Å². The maximum absolute atomic E-state index is 3.63. The van der Waals surface area contributed by atoms with Crippen LogP contribution in [-0.4, -0.2) is 36.6 Å². The molecule has 2 heteroatoms. The maximum Gasteiger partial charge on any atom is 0.0207 e. The Morgan fingerprint density at radius 1 is 1.43 bits per heavy atom. The van der Waals surface area contributed by atoms with Gasteiger partial charge >= 0.3 is 0 Å². The van der Waals surface area contributed by atoms with E-state index in [4.69, 9.17) is 0 Å². The van der Waals surface area contributed by atoms with Crippen LogP contribution in [0.25, 0.3) is 0 Å². The van der Waals surface area contributed by atoms with Gasteiger partial charge in [-0.3, -0.25) is 4.90 Å². The van der Waals surface area contributed by atoms with Crippen LogP contribution in [0, 0.1) is 5.41 Å². The highest BCUT2D eigenvalue weighted by molar-refractivity contribution is 5.05. The van der Waals surface area contributed by atoms with E-state index in [2.05, 4.69) is 31.0 Å². The molecule has 2 nitrogen and oxygen atoms in total. The van der Waals surface area contributed by atoms with E-state index in [1.54, 1.807) is 0 Å². The van der Waals surface area contributed by atoms with Gasteiger partial charge in [0.25, 0.3) is 0 Å². The molecule has 2 aliphatic rings. The number of nitrogens with zero attached hydrogens (tertiary/aromatic N) is 1. The first-order valence-corrected chi connectivity index (χ1v) is 6.11. The number of nitrogens with one attached hydrogen (secondary N) is 1. The van der Waals surface area contributed by atoms with Crippen molar-refractivity contribution in [3.8, 4) is 0 Å². The van der Waals surface area contributed by atoms with Crippen molar-refractivity contribution in [3.05, 3.63) is 0 Å². The van der Waals surface area contributed by atoms with Gasteiger partial charge in [0.1, 0.15) is 0 Å². The van der Waals surface area contributed by atoms with Gasteiger partial charge in [-0.15, -0.1) is 0 Å². The topological polar surface area (TPSA) is 15.3 Å². The van der Waals surface area contributed by atoms with Crippen LogP contribution in [0.4, 0.5) is 0 Å². The molecule has 1 saturated carbocycles. The third-order valence-corrected chi connectivity index (χ3v) is 3.80. The molecule has 0 aromatic carbocycles. The Hall–Kier alpha value is -0.0800.